The largest absolute Gasteiger partial charge is 0.330 e. The van der Waals surface area contributed by atoms with Crippen LogP contribution in [-0.2, 0) is 6.54 Å². The van der Waals surface area contributed by atoms with E-state index in [1.807, 2.05) is 5.51 Å². The van der Waals surface area contributed by atoms with Crippen molar-refractivity contribution in [3.05, 3.63) is 16.6 Å². The predicted octanol–water partition coefficient (Wildman–Crippen LogP) is 2.39. The van der Waals surface area contributed by atoms with Gasteiger partial charge in [0.05, 0.1) is 11.2 Å². The Morgan fingerprint density at radius 3 is 2.88 bits per heavy atom. The Bertz CT molecular complexity index is 315. The van der Waals surface area contributed by atoms with Gasteiger partial charge in [0.2, 0.25) is 0 Å². The average Bonchev–Trinajstić information content (AvgIpc) is 2.85. The maximum Gasteiger partial charge on any atom is 0.0795 e. The molecular formula is C13H23N3S. The Balaban J connectivity index is 1.79. The number of nitrogens with one attached hydrogen (secondary N) is 1. The zero-order chi connectivity index (χ0) is 12.1. The lowest BCUT2D eigenvalue weighted by atomic mass is 9.71. The third-order valence-electron chi connectivity index (χ3n) is 4.06. The summed E-state index contributed by atoms with van der Waals surface area (Å²) >= 11 is 1.65. The Morgan fingerprint density at radius 2 is 2.29 bits per heavy atom. The highest BCUT2D eigenvalue weighted by atomic mass is 32.1. The lowest BCUT2D eigenvalue weighted by Crippen LogP contribution is -2.42. The van der Waals surface area contributed by atoms with Gasteiger partial charge in [-0.25, -0.2) is 4.98 Å². The van der Waals surface area contributed by atoms with Crippen LogP contribution < -0.4 is 11.1 Å². The van der Waals surface area contributed by atoms with E-state index in [0.29, 0.717) is 5.41 Å². The Labute approximate surface area is 108 Å². The molecule has 0 bridgehead atoms. The number of nitrogens with zero attached hydrogens (tertiary/aromatic N) is 1. The molecule has 4 heteroatoms. The lowest BCUT2D eigenvalue weighted by molar-refractivity contribution is 0.159. The van der Waals surface area contributed by atoms with Crippen LogP contribution in [0.3, 0.4) is 0 Å². The molecule has 0 aliphatic heterocycles. The highest BCUT2D eigenvalue weighted by molar-refractivity contribution is 7.07. The fraction of sp³-hybridized carbons (Fsp3) is 0.769. The first kappa shape index (κ1) is 13.0. The molecule has 1 fully saturated rings. The Kier molecular flexibility index (Phi) is 4.54. The summed E-state index contributed by atoms with van der Waals surface area (Å²) in [6.07, 6.45) is 5.20. The Hall–Kier alpha value is -0.450. The van der Waals surface area contributed by atoms with Crippen molar-refractivity contribution in [2.75, 3.05) is 13.1 Å². The summed E-state index contributed by atoms with van der Waals surface area (Å²) in [7, 11) is 0. The van der Waals surface area contributed by atoms with Crippen LogP contribution >= 0.6 is 11.3 Å². The number of nitrogens with two attached hydrogens (primary N) is 1. The van der Waals surface area contributed by atoms with Gasteiger partial charge in [-0.3, -0.25) is 0 Å². The van der Waals surface area contributed by atoms with Crippen molar-refractivity contribution in [1.82, 2.24) is 10.3 Å². The van der Waals surface area contributed by atoms with E-state index in [0.717, 1.165) is 31.2 Å². The third-order valence-corrected chi connectivity index (χ3v) is 4.69. The molecule has 1 heterocycles. The molecule has 0 spiro atoms. The van der Waals surface area contributed by atoms with E-state index in [4.69, 9.17) is 5.73 Å². The molecule has 1 aliphatic carbocycles. The van der Waals surface area contributed by atoms with Crippen LogP contribution in [0, 0.1) is 11.3 Å². The second-order valence-electron chi connectivity index (χ2n) is 5.47. The number of hydrogen-bond donors (Lipinski definition) is 2. The fourth-order valence-corrected chi connectivity index (χ4v) is 3.17. The summed E-state index contributed by atoms with van der Waals surface area (Å²) in [6, 6.07) is 0. The molecule has 3 nitrogen and oxygen atoms in total. The molecule has 0 atom stereocenters. The van der Waals surface area contributed by atoms with Crippen LogP contribution in [0.15, 0.2) is 10.9 Å². The smallest absolute Gasteiger partial charge is 0.0795 e. The minimum atomic E-state index is 0.336. The summed E-state index contributed by atoms with van der Waals surface area (Å²) < 4.78 is 0. The normalized spacial score (nSPS) is 29.4. The van der Waals surface area contributed by atoms with E-state index in [-0.39, 0.29) is 0 Å². The van der Waals surface area contributed by atoms with Crippen molar-refractivity contribution in [3.63, 3.8) is 0 Å². The lowest BCUT2D eigenvalue weighted by Gasteiger charge is -2.38. The predicted molar refractivity (Wildman–Crippen MR) is 72.9 cm³/mol. The van der Waals surface area contributed by atoms with Crippen LogP contribution in [0.1, 0.15) is 38.3 Å². The maximum absolute atomic E-state index is 5.99. The quantitative estimate of drug-likeness (QED) is 0.847. The van der Waals surface area contributed by atoms with Crippen molar-refractivity contribution in [2.24, 2.45) is 17.1 Å². The van der Waals surface area contributed by atoms with Crippen molar-refractivity contribution >= 4 is 11.3 Å². The highest BCUT2D eigenvalue weighted by Crippen LogP contribution is 2.37. The van der Waals surface area contributed by atoms with Crippen LogP contribution in [-0.4, -0.2) is 18.1 Å². The van der Waals surface area contributed by atoms with E-state index in [1.54, 1.807) is 11.3 Å². The molecule has 0 radical (unpaired) electrons. The maximum atomic E-state index is 5.99. The number of rotatable bonds is 5. The SMILES string of the molecule is CC1CCC(CN)(CNCc2cscn2)CC1. The van der Waals surface area contributed by atoms with Crippen molar-refractivity contribution in [2.45, 2.75) is 39.2 Å². The van der Waals surface area contributed by atoms with E-state index < -0.39 is 0 Å². The van der Waals surface area contributed by atoms with Gasteiger partial charge in [0.1, 0.15) is 0 Å². The first-order valence-corrected chi connectivity index (χ1v) is 7.46. The minimum Gasteiger partial charge on any atom is -0.330 e. The molecule has 1 aromatic heterocycles. The first-order chi connectivity index (χ1) is 8.24. The van der Waals surface area contributed by atoms with Gasteiger partial charge in [-0.1, -0.05) is 19.8 Å². The monoisotopic (exact) mass is 253 g/mol. The average molecular weight is 253 g/mol. The molecule has 1 saturated carbocycles. The van der Waals surface area contributed by atoms with Crippen molar-refractivity contribution < 1.29 is 0 Å². The molecule has 0 unspecified atom stereocenters. The second-order valence-corrected chi connectivity index (χ2v) is 6.19. The molecule has 2 rings (SSSR count). The van der Waals surface area contributed by atoms with Crippen molar-refractivity contribution in [1.29, 1.82) is 0 Å². The zero-order valence-corrected chi connectivity index (χ0v) is 11.4. The minimum absolute atomic E-state index is 0.336. The highest BCUT2D eigenvalue weighted by Gasteiger charge is 2.32. The summed E-state index contributed by atoms with van der Waals surface area (Å²) in [6.45, 7) is 5.07. The van der Waals surface area contributed by atoms with Gasteiger partial charge in [0.15, 0.2) is 0 Å². The van der Waals surface area contributed by atoms with Gasteiger partial charge in [-0.2, -0.15) is 0 Å². The molecule has 0 saturated heterocycles. The molecule has 1 aliphatic rings. The Morgan fingerprint density at radius 1 is 1.53 bits per heavy atom. The van der Waals surface area contributed by atoms with Crippen LogP contribution in [0.2, 0.25) is 0 Å². The molecule has 1 aromatic rings. The van der Waals surface area contributed by atoms with E-state index in [9.17, 15) is 0 Å². The van der Waals surface area contributed by atoms with Gasteiger partial charge < -0.3 is 11.1 Å². The van der Waals surface area contributed by atoms with Crippen LogP contribution in [0.25, 0.3) is 0 Å². The van der Waals surface area contributed by atoms with E-state index in [1.165, 1.54) is 25.7 Å². The number of aromatic nitrogens is 1. The zero-order valence-electron chi connectivity index (χ0n) is 10.6. The molecule has 96 valence electrons. The molecule has 17 heavy (non-hydrogen) atoms. The van der Waals surface area contributed by atoms with Crippen LogP contribution in [0.5, 0.6) is 0 Å². The molecular weight excluding hydrogens is 230 g/mol. The summed E-state index contributed by atoms with van der Waals surface area (Å²) in [4.78, 5) is 4.28. The van der Waals surface area contributed by atoms with Crippen molar-refractivity contribution in [3.8, 4) is 0 Å². The van der Waals surface area contributed by atoms with E-state index >= 15 is 0 Å². The van der Waals surface area contributed by atoms with Crippen LogP contribution in [0.4, 0.5) is 0 Å². The summed E-state index contributed by atoms with van der Waals surface area (Å²) in [5.74, 6) is 0.883. The summed E-state index contributed by atoms with van der Waals surface area (Å²) in [5, 5.41) is 5.63. The summed E-state index contributed by atoms with van der Waals surface area (Å²) in [5.41, 5.74) is 9.36. The van der Waals surface area contributed by atoms with Gasteiger partial charge in [0.25, 0.3) is 0 Å². The standard InChI is InChI=1S/C13H23N3S/c1-11-2-4-13(8-14,5-3-11)9-15-6-12-7-17-10-16-12/h7,10-11,15H,2-6,8-9,14H2,1H3. The fourth-order valence-electron chi connectivity index (χ4n) is 2.61. The topological polar surface area (TPSA) is 50.9 Å². The number of thiazole rings is 1. The van der Waals surface area contributed by atoms with Gasteiger partial charge in [-0.05, 0) is 30.7 Å². The molecule has 0 amide bonds. The molecule has 3 N–H and O–H groups in total. The second kappa shape index (κ2) is 5.94. The van der Waals surface area contributed by atoms with Gasteiger partial charge in [0, 0.05) is 18.5 Å². The van der Waals surface area contributed by atoms with Gasteiger partial charge >= 0.3 is 0 Å². The van der Waals surface area contributed by atoms with Gasteiger partial charge in [-0.15, -0.1) is 11.3 Å². The first-order valence-electron chi connectivity index (χ1n) is 6.52. The molecule has 0 aromatic carbocycles. The van der Waals surface area contributed by atoms with E-state index in [2.05, 4.69) is 22.6 Å². The number of hydrogen-bond acceptors (Lipinski definition) is 4. The third kappa shape index (κ3) is 3.50.